The van der Waals surface area contributed by atoms with Crippen LogP contribution >= 0.6 is 51.3 Å². The van der Waals surface area contributed by atoms with E-state index in [4.69, 9.17) is 41.2 Å². The number of aryl methyl sites for hydroxylation is 1. The number of thiocarbonyl (C=S) groups is 1. The van der Waals surface area contributed by atoms with Crippen LogP contribution in [0.2, 0.25) is 10.0 Å². The second-order valence-corrected chi connectivity index (χ2v) is 6.32. The zero-order valence-electron chi connectivity index (χ0n) is 10.5. The van der Waals surface area contributed by atoms with Crippen LogP contribution in [0.15, 0.2) is 34.8 Å². The topological polar surface area (TPSA) is 38.0 Å². The lowest BCUT2D eigenvalue weighted by molar-refractivity contribution is 1.44. The minimum Gasteiger partial charge on any atom is -0.389 e. The standard InChI is InChI=1S/C14H11BrCl2N2S/c1-7-2-5-11(16)13(12(7)17)19-8-3-4-9(14(18)20)10(15)6-8/h2-6,19H,1H3,(H2,18,20). The molecule has 0 aliphatic rings. The molecule has 0 fully saturated rings. The van der Waals surface area contributed by atoms with Crippen molar-refractivity contribution in [2.45, 2.75) is 6.92 Å². The third-order valence-electron chi connectivity index (χ3n) is 2.79. The van der Waals surface area contributed by atoms with Crippen LogP contribution in [0.4, 0.5) is 11.4 Å². The number of benzene rings is 2. The van der Waals surface area contributed by atoms with E-state index in [1.165, 1.54) is 0 Å². The quantitative estimate of drug-likeness (QED) is 0.686. The molecule has 0 atom stereocenters. The molecular formula is C14H11BrCl2N2S. The van der Waals surface area contributed by atoms with E-state index >= 15 is 0 Å². The molecule has 0 aliphatic carbocycles. The number of halogens is 3. The van der Waals surface area contributed by atoms with Crippen molar-refractivity contribution in [3.05, 3.63) is 56.0 Å². The lowest BCUT2D eigenvalue weighted by atomic mass is 10.2. The Morgan fingerprint density at radius 2 is 1.95 bits per heavy atom. The number of nitrogens with two attached hydrogens (primary N) is 1. The summed E-state index contributed by atoms with van der Waals surface area (Å²) in [6, 6.07) is 9.27. The van der Waals surface area contributed by atoms with Crippen molar-refractivity contribution >= 4 is 67.7 Å². The van der Waals surface area contributed by atoms with Gasteiger partial charge in [0, 0.05) is 15.7 Å². The highest BCUT2D eigenvalue weighted by Gasteiger charge is 2.10. The smallest absolute Gasteiger partial charge is 0.105 e. The summed E-state index contributed by atoms with van der Waals surface area (Å²) in [5.41, 5.74) is 8.89. The lowest BCUT2D eigenvalue weighted by Crippen LogP contribution is -2.10. The first-order valence-electron chi connectivity index (χ1n) is 5.71. The number of hydrogen-bond donors (Lipinski definition) is 2. The van der Waals surface area contributed by atoms with Crippen molar-refractivity contribution in [3.63, 3.8) is 0 Å². The fourth-order valence-corrected chi connectivity index (χ4v) is 3.08. The maximum atomic E-state index is 6.27. The summed E-state index contributed by atoms with van der Waals surface area (Å²) in [6.45, 7) is 1.93. The van der Waals surface area contributed by atoms with Crippen LogP contribution in [0.3, 0.4) is 0 Å². The van der Waals surface area contributed by atoms with Gasteiger partial charge in [0.2, 0.25) is 0 Å². The molecule has 0 saturated carbocycles. The molecule has 0 bridgehead atoms. The highest BCUT2D eigenvalue weighted by Crippen LogP contribution is 2.35. The number of hydrogen-bond acceptors (Lipinski definition) is 2. The summed E-state index contributed by atoms with van der Waals surface area (Å²) in [4.78, 5) is 0.343. The van der Waals surface area contributed by atoms with Gasteiger partial charge >= 0.3 is 0 Å². The van der Waals surface area contributed by atoms with E-state index in [-0.39, 0.29) is 0 Å². The summed E-state index contributed by atoms with van der Waals surface area (Å²) < 4.78 is 0.815. The summed E-state index contributed by atoms with van der Waals surface area (Å²) in [6.07, 6.45) is 0. The largest absolute Gasteiger partial charge is 0.389 e. The molecule has 20 heavy (non-hydrogen) atoms. The second kappa shape index (κ2) is 6.31. The third-order valence-corrected chi connectivity index (χ3v) is 4.47. The molecule has 2 nitrogen and oxygen atoms in total. The molecule has 104 valence electrons. The Balaban J connectivity index is 2.39. The van der Waals surface area contributed by atoms with Crippen molar-refractivity contribution in [1.82, 2.24) is 0 Å². The first-order chi connectivity index (χ1) is 9.40. The van der Waals surface area contributed by atoms with Crippen molar-refractivity contribution in [1.29, 1.82) is 0 Å². The maximum absolute atomic E-state index is 6.27. The van der Waals surface area contributed by atoms with E-state index in [0.29, 0.717) is 20.7 Å². The van der Waals surface area contributed by atoms with Crippen LogP contribution < -0.4 is 11.1 Å². The highest BCUT2D eigenvalue weighted by molar-refractivity contribution is 9.10. The minimum absolute atomic E-state index is 0.343. The van der Waals surface area contributed by atoms with E-state index in [1.807, 2.05) is 37.3 Å². The van der Waals surface area contributed by atoms with Gasteiger partial charge in [-0.3, -0.25) is 0 Å². The van der Waals surface area contributed by atoms with Crippen LogP contribution in [0, 0.1) is 6.92 Å². The molecule has 0 radical (unpaired) electrons. The molecule has 2 aromatic rings. The molecule has 0 aromatic heterocycles. The molecule has 0 amide bonds. The monoisotopic (exact) mass is 388 g/mol. The predicted octanol–water partition coefficient (Wildman–Crippen LogP) is 5.44. The van der Waals surface area contributed by atoms with Gasteiger partial charge in [0.25, 0.3) is 0 Å². The molecule has 0 unspecified atom stereocenters. The minimum atomic E-state index is 0.343. The Bertz CT molecular complexity index is 689. The number of rotatable bonds is 3. The van der Waals surface area contributed by atoms with E-state index < -0.39 is 0 Å². The molecule has 6 heteroatoms. The van der Waals surface area contributed by atoms with Gasteiger partial charge in [-0.2, -0.15) is 0 Å². The molecule has 0 aliphatic heterocycles. The lowest BCUT2D eigenvalue weighted by Gasteiger charge is -2.13. The Morgan fingerprint density at radius 3 is 2.55 bits per heavy atom. The Kier molecular flexibility index (Phi) is 4.91. The third kappa shape index (κ3) is 3.26. The number of anilines is 2. The Hall–Kier alpha value is -0.810. The van der Waals surface area contributed by atoms with Gasteiger partial charge in [0.05, 0.1) is 15.7 Å². The highest BCUT2D eigenvalue weighted by atomic mass is 79.9. The van der Waals surface area contributed by atoms with E-state index in [9.17, 15) is 0 Å². The van der Waals surface area contributed by atoms with Crippen molar-refractivity contribution < 1.29 is 0 Å². The van der Waals surface area contributed by atoms with Gasteiger partial charge in [-0.25, -0.2) is 0 Å². The second-order valence-electron chi connectivity index (χ2n) is 4.24. The first kappa shape index (κ1) is 15.6. The molecular weight excluding hydrogens is 379 g/mol. The van der Waals surface area contributed by atoms with Crippen molar-refractivity contribution in [3.8, 4) is 0 Å². The molecule has 2 aromatic carbocycles. The predicted molar refractivity (Wildman–Crippen MR) is 94.5 cm³/mol. The van der Waals surface area contributed by atoms with Crippen LogP contribution in [0.25, 0.3) is 0 Å². The summed E-state index contributed by atoms with van der Waals surface area (Å²) in [7, 11) is 0. The van der Waals surface area contributed by atoms with Crippen LogP contribution in [-0.4, -0.2) is 4.99 Å². The fraction of sp³-hybridized carbons (Fsp3) is 0.0714. The fourth-order valence-electron chi connectivity index (χ4n) is 1.71. The normalized spacial score (nSPS) is 10.4. The van der Waals surface area contributed by atoms with Crippen molar-refractivity contribution in [2.75, 3.05) is 5.32 Å². The SMILES string of the molecule is Cc1ccc(Cl)c(Nc2ccc(C(N)=S)c(Br)c2)c1Cl. The molecule has 3 N–H and O–H groups in total. The summed E-state index contributed by atoms with van der Waals surface area (Å²) in [5.74, 6) is 0. The summed E-state index contributed by atoms with van der Waals surface area (Å²) >= 11 is 20.8. The molecule has 0 saturated heterocycles. The van der Waals surface area contributed by atoms with E-state index in [1.54, 1.807) is 0 Å². The average molecular weight is 390 g/mol. The Morgan fingerprint density at radius 1 is 1.25 bits per heavy atom. The van der Waals surface area contributed by atoms with Crippen LogP contribution in [0.5, 0.6) is 0 Å². The van der Waals surface area contributed by atoms with E-state index in [0.717, 1.165) is 21.3 Å². The number of nitrogens with one attached hydrogen (secondary N) is 1. The molecule has 2 rings (SSSR count). The van der Waals surface area contributed by atoms with Crippen LogP contribution in [-0.2, 0) is 0 Å². The average Bonchev–Trinajstić information content (AvgIpc) is 2.39. The maximum Gasteiger partial charge on any atom is 0.105 e. The van der Waals surface area contributed by atoms with Gasteiger partial charge in [-0.1, -0.05) is 41.5 Å². The zero-order valence-corrected chi connectivity index (χ0v) is 14.4. The van der Waals surface area contributed by atoms with Gasteiger partial charge in [-0.05, 0) is 52.7 Å². The van der Waals surface area contributed by atoms with Gasteiger partial charge in [-0.15, -0.1) is 0 Å². The molecule has 0 spiro atoms. The van der Waals surface area contributed by atoms with Gasteiger partial charge in [0.1, 0.15) is 4.99 Å². The van der Waals surface area contributed by atoms with Crippen LogP contribution in [0.1, 0.15) is 11.1 Å². The Labute approximate surface area is 141 Å². The van der Waals surface area contributed by atoms with Gasteiger partial charge < -0.3 is 11.1 Å². The van der Waals surface area contributed by atoms with E-state index in [2.05, 4.69) is 21.2 Å². The first-order valence-corrected chi connectivity index (χ1v) is 7.67. The summed E-state index contributed by atoms with van der Waals surface area (Å²) in [5, 5.41) is 4.38. The van der Waals surface area contributed by atoms with Gasteiger partial charge in [0.15, 0.2) is 0 Å². The molecule has 0 heterocycles. The van der Waals surface area contributed by atoms with Crippen molar-refractivity contribution in [2.24, 2.45) is 5.73 Å². The zero-order chi connectivity index (χ0) is 14.9.